The van der Waals surface area contributed by atoms with E-state index in [1.54, 1.807) is 30.0 Å². The van der Waals surface area contributed by atoms with Crippen LogP contribution in [0.1, 0.15) is 142 Å². The van der Waals surface area contributed by atoms with Gasteiger partial charge < -0.3 is 50.6 Å². The molecule has 0 bridgehead atoms. The number of ether oxygens (including phenoxy) is 3. The van der Waals surface area contributed by atoms with Gasteiger partial charge in [-0.15, -0.1) is 22.0 Å². The number of aromatic amines is 1. The molecule has 20 nitrogen and oxygen atoms in total. The smallest absolute Gasteiger partial charge is 0.347 e. The van der Waals surface area contributed by atoms with Crippen molar-refractivity contribution in [3.63, 3.8) is 0 Å². The number of nitrogens with one attached hydrogen (secondary N) is 4. The first kappa shape index (κ1) is 69.1. The lowest BCUT2D eigenvalue weighted by Crippen LogP contribution is -2.33. The van der Waals surface area contributed by atoms with Crippen LogP contribution in [-0.4, -0.2) is 115 Å². The number of phenols is 1. The minimum Gasteiger partial charge on any atom is -0.504 e. The van der Waals surface area contributed by atoms with Crippen LogP contribution in [0.3, 0.4) is 0 Å². The number of thiazole rings is 1. The number of aliphatic hydroxyl groups is 1. The fraction of sp³-hybridized carbons (Fsp3) is 0.403. The largest absolute Gasteiger partial charge is 0.504 e. The van der Waals surface area contributed by atoms with Gasteiger partial charge in [0.15, 0.2) is 22.3 Å². The highest BCUT2D eigenvalue weighted by atomic mass is 32.2. The summed E-state index contributed by atoms with van der Waals surface area (Å²) >= 11 is 2.73. The number of amides is 3. The monoisotopic (exact) mass is 1310 g/mol. The number of carbonyl (C=O) groups is 5. The maximum absolute atomic E-state index is 12.6. The molecule has 4 fully saturated rings. The molecular weight excluding hydrogens is 1230 g/mol. The minimum absolute atomic E-state index is 0.0129. The van der Waals surface area contributed by atoms with Crippen LogP contribution in [-0.2, 0) is 44.3 Å². The van der Waals surface area contributed by atoms with Gasteiger partial charge in [0.2, 0.25) is 17.7 Å². The zero-order valence-electron chi connectivity index (χ0n) is 53.4. The summed E-state index contributed by atoms with van der Waals surface area (Å²) in [5, 5.41) is 61.3. The average Bonchev–Trinajstić information content (AvgIpc) is 1.05. The van der Waals surface area contributed by atoms with Gasteiger partial charge in [0, 0.05) is 67.1 Å². The van der Waals surface area contributed by atoms with Gasteiger partial charge in [-0.3, -0.25) is 14.4 Å². The van der Waals surface area contributed by atoms with Crippen LogP contribution in [0.2, 0.25) is 0 Å². The van der Waals surface area contributed by atoms with Crippen molar-refractivity contribution in [1.82, 2.24) is 41.6 Å². The Kier molecular flexibility index (Phi) is 23.9. The third kappa shape index (κ3) is 18.8. The molecule has 5 aromatic carbocycles. The molecule has 0 spiro atoms. The molecule has 0 radical (unpaired) electrons. The number of carboxylic acids is 2. The van der Waals surface area contributed by atoms with E-state index in [9.17, 15) is 34.2 Å². The Morgan fingerprint density at radius 3 is 2.01 bits per heavy atom. The van der Waals surface area contributed by atoms with E-state index < -0.39 is 11.9 Å². The Hall–Kier alpha value is -9.22. The highest BCUT2D eigenvalue weighted by Gasteiger charge is 2.41. The van der Waals surface area contributed by atoms with E-state index in [0.717, 1.165) is 82.1 Å². The maximum Gasteiger partial charge on any atom is 0.347 e. The van der Waals surface area contributed by atoms with Crippen LogP contribution < -0.4 is 30.2 Å². The van der Waals surface area contributed by atoms with Crippen LogP contribution in [0, 0.1) is 65.6 Å². The number of benzene rings is 5. The van der Waals surface area contributed by atoms with E-state index in [0.29, 0.717) is 80.2 Å². The first-order chi connectivity index (χ1) is 45.3. The van der Waals surface area contributed by atoms with E-state index in [-0.39, 0.29) is 86.9 Å². The van der Waals surface area contributed by atoms with E-state index in [2.05, 4.69) is 117 Å². The van der Waals surface area contributed by atoms with E-state index in [1.165, 1.54) is 30.3 Å². The number of H-pyrrole nitrogens is 1. The molecule has 11 rings (SSSR count). The molecule has 492 valence electrons. The number of aromatic nitrogens is 5. The van der Waals surface area contributed by atoms with E-state index in [1.807, 2.05) is 61.5 Å². The van der Waals surface area contributed by atoms with Gasteiger partial charge in [-0.25, -0.2) is 14.6 Å². The molecule has 3 aliphatic heterocycles. The topological polar surface area (TPSA) is 297 Å². The molecule has 5 heterocycles. The molecule has 94 heavy (non-hydrogen) atoms. The highest BCUT2D eigenvalue weighted by Crippen LogP contribution is 2.51. The summed E-state index contributed by atoms with van der Waals surface area (Å²) < 4.78 is 18.0. The fourth-order valence-corrected chi connectivity index (χ4v) is 13.4. The summed E-state index contributed by atoms with van der Waals surface area (Å²) in [5.41, 5.74) is 7.39. The SMILES string of the molecule is CC(C)(C)Cc1cccc(OC[C@H]2CNC(=O)[C@@H]2CC#Cc2ncc(C(=O)O)s2)c1.CCC1(c2cccc(OC[C@H]3CNC(=O)[C@@H]3CC#Cc3ccc(C(=O)O)cc3)c2O)CCC1.Cc1cc(OC[C@H]2CNC(=O)[C@@H]2c2cccc(CSCc3nn[nH]n3)c2)ccc1CO. The molecule has 8 N–H and O–H groups in total. The zero-order valence-corrected chi connectivity index (χ0v) is 55.0. The Bertz CT molecular complexity index is 3890. The predicted molar refractivity (Wildman–Crippen MR) is 357 cm³/mol. The lowest BCUT2D eigenvalue weighted by atomic mass is 9.62. The molecule has 2 aromatic heterocycles. The number of para-hydroxylation sites is 1. The zero-order chi connectivity index (χ0) is 66.8. The number of tetrazole rings is 1. The van der Waals surface area contributed by atoms with Gasteiger partial charge in [-0.1, -0.05) is 123 Å². The molecule has 1 aliphatic carbocycles. The second kappa shape index (κ2) is 32.6. The van der Waals surface area contributed by atoms with Gasteiger partial charge in [-0.2, -0.15) is 5.21 Å². The van der Waals surface area contributed by atoms with Crippen molar-refractivity contribution in [2.45, 2.75) is 109 Å². The quantitative estimate of drug-likeness (QED) is 0.0293. The number of phenolic OH excluding ortho intramolecular Hbond substituents is 1. The number of hydrogen-bond acceptors (Lipinski definition) is 16. The summed E-state index contributed by atoms with van der Waals surface area (Å²) in [6.45, 7) is 13.6. The number of aromatic hydroxyl groups is 1. The number of rotatable bonds is 22. The molecular formula is C72H80N8O12S2. The van der Waals surface area contributed by atoms with Crippen molar-refractivity contribution in [2.75, 3.05) is 39.5 Å². The molecule has 7 aromatic rings. The predicted octanol–water partition coefficient (Wildman–Crippen LogP) is 10.1. The number of carbonyl (C=O) groups excluding carboxylic acids is 3. The minimum atomic E-state index is -1.01. The molecule has 6 atom stereocenters. The standard InChI is InChI=1S/C27H29NO5.C23H26N2O4S.C22H25N5O3S/c1-2-27(14-5-15-27)22-8-4-9-23(24(22)29)33-17-20-16-28-25(30)21(20)7-3-6-18-10-12-19(13-11-18)26(31)32;1-23(2,3)11-15-6-4-7-17(10-15)29-14-16-12-25-21(26)18(16)8-5-9-20-24-13-19(30-20)22(27)28;1-14-7-19(6-5-17(14)10-28)30-11-18-9-23-22(29)21(18)16-4-2-3-15(8-16)12-31-13-20-24-26-27-25-20/h4,8-13,20-21,29H,2,5,7,14-17H2,1H3,(H,28,30)(H,31,32);4,6-7,10,13,16,18H,8,11-12,14H2,1-3H3,(H,25,26)(H,27,28);2-8,18,21,28H,9-13H2,1H3,(H,23,29)(H,24,25,26,27)/t20-,21-;16-,18-;18-,21-/m111/s1. The molecule has 0 unspecified atom stereocenters. The number of thioether (sulfide) groups is 1. The summed E-state index contributed by atoms with van der Waals surface area (Å²) in [6.07, 6.45) is 7.36. The summed E-state index contributed by atoms with van der Waals surface area (Å²) in [4.78, 5) is 63.2. The van der Waals surface area contributed by atoms with Crippen molar-refractivity contribution in [2.24, 2.45) is 35.0 Å². The molecule has 22 heteroatoms. The van der Waals surface area contributed by atoms with Gasteiger partial charge in [0.05, 0.1) is 61.7 Å². The van der Waals surface area contributed by atoms with Crippen LogP contribution in [0.5, 0.6) is 23.0 Å². The van der Waals surface area contributed by atoms with Crippen LogP contribution in [0.15, 0.2) is 115 Å². The summed E-state index contributed by atoms with van der Waals surface area (Å²) in [7, 11) is 0. The van der Waals surface area contributed by atoms with Gasteiger partial charge >= 0.3 is 11.9 Å². The molecule has 3 amide bonds. The second-order valence-electron chi connectivity index (χ2n) is 25.2. The number of aliphatic hydroxyl groups excluding tert-OH is 1. The number of aromatic carboxylic acids is 2. The third-order valence-corrected chi connectivity index (χ3v) is 19.3. The highest BCUT2D eigenvalue weighted by molar-refractivity contribution is 7.97. The van der Waals surface area contributed by atoms with Crippen molar-refractivity contribution < 1.29 is 58.6 Å². The fourth-order valence-electron chi connectivity index (χ4n) is 11.9. The first-order valence-corrected chi connectivity index (χ1v) is 33.5. The van der Waals surface area contributed by atoms with Crippen LogP contribution >= 0.6 is 23.1 Å². The number of carboxylic acid groups (broad SMARTS) is 2. The van der Waals surface area contributed by atoms with Gasteiger partial charge in [-0.05, 0) is 132 Å². The third-order valence-electron chi connectivity index (χ3n) is 17.4. The Balaban J connectivity index is 0.000000166. The normalized spacial score (nSPS) is 19.2. The van der Waals surface area contributed by atoms with Crippen LogP contribution in [0.25, 0.3) is 0 Å². The van der Waals surface area contributed by atoms with E-state index in [4.69, 9.17) is 24.4 Å². The summed E-state index contributed by atoms with van der Waals surface area (Å²) in [6, 6.07) is 34.0. The second-order valence-corrected chi connectivity index (χ2v) is 27.2. The molecule has 1 saturated carbocycles. The Morgan fingerprint density at radius 2 is 1.38 bits per heavy atom. The van der Waals surface area contributed by atoms with E-state index >= 15 is 0 Å². The lowest BCUT2D eigenvalue weighted by molar-refractivity contribution is -0.123. The molecule has 3 saturated heterocycles. The molecule has 4 aliphatic rings. The Morgan fingerprint density at radius 1 is 0.734 bits per heavy atom. The lowest BCUT2D eigenvalue weighted by Gasteiger charge is -2.42. The van der Waals surface area contributed by atoms with Crippen molar-refractivity contribution >= 4 is 52.8 Å². The number of aryl methyl sites for hydroxylation is 1. The van der Waals surface area contributed by atoms with Crippen molar-refractivity contribution in [3.8, 4) is 46.7 Å². The van der Waals surface area contributed by atoms with Crippen molar-refractivity contribution in [1.29, 1.82) is 0 Å². The maximum atomic E-state index is 12.6. The van der Waals surface area contributed by atoms with Crippen LogP contribution in [0.4, 0.5) is 0 Å². The Labute approximate surface area is 555 Å². The average molecular weight is 1310 g/mol. The number of hydrogen-bond donors (Lipinski definition) is 8. The van der Waals surface area contributed by atoms with Gasteiger partial charge in [0.25, 0.3) is 0 Å². The van der Waals surface area contributed by atoms with Gasteiger partial charge in [0.1, 0.15) is 16.4 Å². The number of nitrogens with zero attached hydrogens (tertiary/aromatic N) is 4. The first-order valence-electron chi connectivity index (χ1n) is 31.5. The van der Waals surface area contributed by atoms with Crippen molar-refractivity contribution in [3.05, 3.63) is 176 Å². The summed E-state index contributed by atoms with van der Waals surface area (Å²) in [5.74, 6) is 13.5.